The average molecular weight is 207 g/mol. The Morgan fingerprint density at radius 2 is 1.77 bits per heavy atom. The average Bonchev–Trinajstić information content (AvgIpc) is 2.01. The van der Waals surface area contributed by atoms with Crippen LogP contribution in [0, 0.1) is 0 Å². The number of aliphatic carboxylic acids is 1. The number of carbonyl (C=O) groups excluding carboxylic acids is 1. The van der Waals surface area contributed by atoms with Crippen molar-refractivity contribution in [2.24, 2.45) is 0 Å². The van der Waals surface area contributed by atoms with Gasteiger partial charge in [-0.15, -0.1) is 0 Å². The molecular formula is C9H21NO2S. The van der Waals surface area contributed by atoms with E-state index < -0.39 is 5.97 Å². The van der Waals surface area contributed by atoms with Crippen molar-refractivity contribution in [3.8, 4) is 0 Å². The zero-order valence-electron chi connectivity index (χ0n) is 9.29. The lowest BCUT2D eigenvalue weighted by molar-refractivity contribution is -0.868. The van der Waals surface area contributed by atoms with Crippen molar-refractivity contribution in [1.29, 1.82) is 0 Å². The first kappa shape index (κ1) is 15.3. The maximum absolute atomic E-state index is 9.63. The first-order chi connectivity index (χ1) is 5.83. The van der Waals surface area contributed by atoms with E-state index in [1.54, 1.807) is 0 Å². The normalized spacial score (nSPS) is 10.2. The summed E-state index contributed by atoms with van der Waals surface area (Å²) < 4.78 is 1.07. The van der Waals surface area contributed by atoms with Gasteiger partial charge in [-0.05, 0) is 25.4 Å². The number of carboxylic acid groups (broad SMARTS) is 1. The lowest BCUT2D eigenvalue weighted by Gasteiger charge is -2.20. The van der Waals surface area contributed by atoms with E-state index in [0.29, 0.717) is 5.75 Å². The predicted molar refractivity (Wildman–Crippen MR) is 56.6 cm³/mol. The largest absolute Gasteiger partial charge is 0.550 e. The number of hydrogen-bond acceptors (Lipinski definition) is 3. The van der Waals surface area contributed by atoms with Gasteiger partial charge in [0.15, 0.2) is 0 Å². The van der Waals surface area contributed by atoms with Crippen LogP contribution in [0.25, 0.3) is 0 Å². The highest BCUT2D eigenvalue weighted by atomic mass is 32.2. The Bertz CT molecular complexity index is 132. The van der Waals surface area contributed by atoms with Crippen molar-refractivity contribution in [2.45, 2.75) is 13.3 Å². The second kappa shape index (κ2) is 8.38. The molecule has 0 saturated carbocycles. The molecule has 0 saturated heterocycles. The molecule has 0 aliphatic rings. The van der Waals surface area contributed by atoms with Gasteiger partial charge in [-0.3, -0.25) is 0 Å². The van der Waals surface area contributed by atoms with Crippen LogP contribution in [0.2, 0.25) is 0 Å². The Hall–Kier alpha value is -0.220. The minimum atomic E-state index is -0.964. The number of thioether (sulfide) groups is 1. The fourth-order valence-electron chi connectivity index (χ4n) is 0.185. The van der Waals surface area contributed by atoms with Crippen LogP contribution >= 0.6 is 11.8 Å². The molecule has 0 aromatic carbocycles. The summed E-state index contributed by atoms with van der Waals surface area (Å²) in [6, 6.07) is 0. The van der Waals surface area contributed by atoms with Crippen LogP contribution in [0.15, 0.2) is 0 Å². The second-order valence-electron chi connectivity index (χ2n) is 3.72. The zero-order valence-corrected chi connectivity index (χ0v) is 10.1. The Morgan fingerprint density at radius 1 is 1.38 bits per heavy atom. The molecule has 13 heavy (non-hydrogen) atoms. The smallest absolute Gasteiger partial charge is 0.0751 e. The molecule has 0 bridgehead atoms. The Kier molecular flexibility index (Phi) is 9.84. The van der Waals surface area contributed by atoms with Gasteiger partial charge in [0.1, 0.15) is 0 Å². The van der Waals surface area contributed by atoms with Gasteiger partial charge in [0.05, 0.1) is 27.7 Å². The fraction of sp³-hybridized carbons (Fsp3) is 0.889. The Balaban J connectivity index is 0. The van der Waals surface area contributed by atoms with Crippen LogP contribution in [0.4, 0.5) is 0 Å². The number of rotatable bonds is 4. The summed E-state index contributed by atoms with van der Waals surface area (Å²) in [5.41, 5.74) is 0. The minimum absolute atomic E-state index is 0.168. The molecule has 0 fully saturated rings. The molecule has 4 heteroatoms. The molecule has 0 N–H and O–H groups in total. The van der Waals surface area contributed by atoms with E-state index in [9.17, 15) is 9.90 Å². The van der Waals surface area contributed by atoms with Gasteiger partial charge >= 0.3 is 0 Å². The first-order valence-corrected chi connectivity index (χ1v) is 5.72. The van der Waals surface area contributed by atoms with Crippen molar-refractivity contribution in [3.05, 3.63) is 0 Å². The highest BCUT2D eigenvalue weighted by Crippen LogP contribution is 1.92. The number of carboxylic acids is 1. The summed E-state index contributed by atoms with van der Waals surface area (Å²) in [6.45, 7) is 3.39. The van der Waals surface area contributed by atoms with E-state index in [-0.39, 0.29) is 6.42 Å². The van der Waals surface area contributed by atoms with E-state index in [0.717, 1.165) is 4.48 Å². The molecule has 0 aliphatic carbocycles. The lowest BCUT2D eigenvalue weighted by Crippen LogP contribution is -2.33. The van der Waals surface area contributed by atoms with Crippen molar-refractivity contribution < 1.29 is 14.4 Å². The standard InChI is InChI=1S/C5H14N.C4H8O2S/c1-5-6(2,3)4;1-7-3-2-4(5)6/h5H2,1-4H3;2-3H2,1H3,(H,5,6)/q+1;/p-1. The molecular weight excluding hydrogens is 186 g/mol. The Labute approximate surface area is 85.7 Å². The second-order valence-corrected chi connectivity index (χ2v) is 4.71. The summed E-state index contributed by atoms with van der Waals surface area (Å²) in [5, 5.41) is 9.63. The van der Waals surface area contributed by atoms with E-state index in [1.807, 2.05) is 6.26 Å². The van der Waals surface area contributed by atoms with Crippen LogP contribution < -0.4 is 5.11 Å². The highest BCUT2D eigenvalue weighted by Gasteiger charge is 1.97. The molecule has 0 radical (unpaired) electrons. The summed E-state index contributed by atoms with van der Waals surface area (Å²) in [6.07, 6.45) is 2.03. The van der Waals surface area contributed by atoms with Gasteiger partial charge in [-0.1, -0.05) is 0 Å². The maximum atomic E-state index is 9.63. The summed E-state index contributed by atoms with van der Waals surface area (Å²) >= 11 is 1.51. The van der Waals surface area contributed by atoms with E-state index in [4.69, 9.17) is 0 Å². The summed E-state index contributed by atoms with van der Waals surface area (Å²) in [7, 11) is 6.54. The molecule has 3 nitrogen and oxygen atoms in total. The number of nitrogens with zero attached hydrogens (tertiary/aromatic N) is 1. The maximum Gasteiger partial charge on any atom is 0.0751 e. The van der Waals surface area contributed by atoms with Crippen LogP contribution in [-0.4, -0.2) is 50.1 Å². The van der Waals surface area contributed by atoms with Crippen LogP contribution in [0.5, 0.6) is 0 Å². The zero-order chi connectivity index (χ0) is 10.9. The predicted octanol–water partition coefficient (Wildman–Crippen LogP) is 0.202. The number of carbonyl (C=O) groups is 1. The molecule has 0 atom stereocenters. The SMILES string of the molecule is CC[N+](C)(C)C.CSCCC(=O)[O-]. The van der Waals surface area contributed by atoms with Crippen LogP contribution in [0.1, 0.15) is 13.3 Å². The van der Waals surface area contributed by atoms with Crippen molar-refractivity contribution >= 4 is 17.7 Å². The molecule has 0 aromatic rings. The topological polar surface area (TPSA) is 40.1 Å². The minimum Gasteiger partial charge on any atom is -0.550 e. The van der Waals surface area contributed by atoms with E-state index in [2.05, 4.69) is 28.1 Å². The number of quaternary nitrogens is 1. The van der Waals surface area contributed by atoms with Crippen molar-refractivity contribution in [2.75, 3.05) is 39.7 Å². The van der Waals surface area contributed by atoms with Crippen molar-refractivity contribution in [1.82, 2.24) is 0 Å². The van der Waals surface area contributed by atoms with E-state index >= 15 is 0 Å². The van der Waals surface area contributed by atoms with Gasteiger partial charge in [0.2, 0.25) is 0 Å². The van der Waals surface area contributed by atoms with Gasteiger partial charge in [0.25, 0.3) is 0 Å². The third-order valence-electron chi connectivity index (χ3n) is 1.46. The fourth-order valence-corrected chi connectivity index (χ4v) is 0.556. The molecule has 0 spiro atoms. The molecule has 0 aromatic heterocycles. The van der Waals surface area contributed by atoms with Gasteiger partial charge in [-0.2, -0.15) is 11.8 Å². The van der Waals surface area contributed by atoms with E-state index in [1.165, 1.54) is 18.3 Å². The third kappa shape index (κ3) is 24.5. The molecule has 0 rings (SSSR count). The molecule has 0 aliphatic heterocycles. The molecule has 80 valence electrons. The first-order valence-electron chi connectivity index (χ1n) is 4.32. The monoisotopic (exact) mass is 207 g/mol. The van der Waals surface area contributed by atoms with Crippen LogP contribution in [-0.2, 0) is 4.79 Å². The lowest BCUT2D eigenvalue weighted by atomic mass is 10.5. The summed E-state index contributed by atoms with van der Waals surface area (Å²) in [5.74, 6) is -0.308. The Morgan fingerprint density at radius 3 is 1.85 bits per heavy atom. The molecule has 0 unspecified atom stereocenters. The molecule has 0 heterocycles. The van der Waals surface area contributed by atoms with Crippen LogP contribution in [0.3, 0.4) is 0 Å². The van der Waals surface area contributed by atoms with Gasteiger partial charge in [0, 0.05) is 5.97 Å². The summed E-state index contributed by atoms with van der Waals surface area (Å²) in [4.78, 5) is 9.63. The molecule has 0 amide bonds. The quantitative estimate of drug-likeness (QED) is 0.618. The van der Waals surface area contributed by atoms with Gasteiger partial charge < -0.3 is 14.4 Å². The highest BCUT2D eigenvalue weighted by molar-refractivity contribution is 7.98. The van der Waals surface area contributed by atoms with Crippen molar-refractivity contribution in [3.63, 3.8) is 0 Å². The third-order valence-corrected chi connectivity index (χ3v) is 2.07. The number of hydrogen-bond donors (Lipinski definition) is 0. The van der Waals surface area contributed by atoms with Gasteiger partial charge in [-0.25, -0.2) is 0 Å².